The quantitative estimate of drug-likeness (QED) is 0.734. The van der Waals surface area contributed by atoms with Gasteiger partial charge in [0, 0.05) is 19.6 Å². The molecule has 0 saturated carbocycles. The van der Waals surface area contributed by atoms with Crippen LogP contribution >= 0.6 is 15.9 Å². The number of phenolic OH excluding ortho intramolecular Hbond substituents is 1. The first kappa shape index (κ1) is 18.3. The molecule has 0 aliphatic rings. The van der Waals surface area contributed by atoms with Crippen molar-refractivity contribution in [1.82, 2.24) is 9.80 Å². The van der Waals surface area contributed by atoms with E-state index in [-0.39, 0.29) is 5.75 Å². The highest BCUT2D eigenvalue weighted by Gasteiger charge is 2.12. The normalized spacial score (nSPS) is 11.4. The van der Waals surface area contributed by atoms with Crippen molar-refractivity contribution >= 4 is 15.9 Å². The number of hydrogen-bond acceptors (Lipinski definition) is 4. The highest BCUT2D eigenvalue weighted by atomic mass is 79.9. The topological polar surface area (TPSA) is 35.9 Å². The van der Waals surface area contributed by atoms with Crippen LogP contribution in [0.2, 0.25) is 0 Å². The number of hydrogen-bond donors (Lipinski definition) is 1. The van der Waals surface area contributed by atoms with Crippen molar-refractivity contribution in [1.29, 1.82) is 0 Å². The maximum absolute atomic E-state index is 9.97. The van der Waals surface area contributed by atoms with E-state index >= 15 is 0 Å². The fourth-order valence-corrected chi connectivity index (χ4v) is 2.66. The third-order valence-corrected chi connectivity index (χ3v) is 3.80. The van der Waals surface area contributed by atoms with E-state index in [1.165, 1.54) is 0 Å². The van der Waals surface area contributed by atoms with Crippen molar-refractivity contribution in [2.75, 3.05) is 40.3 Å². The van der Waals surface area contributed by atoms with Gasteiger partial charge < -0.3 is 14.7 Å². The van der Waals surface area contributed by atoms with Crippen molar-refractivity contribution < 1.29 is 9.84 Å². The van der Waals surface area contributed by atoms with E-state index in [1.54, 1.807) is 0 Å². The Hall–Kier alpha value is -0.780. The molecule has 0 unspecified atom stereocenters. The Morgan fingerprint density at radius 2 is 1.86 bits per heavy atom. The van der Waals surface area contributed by atoms with Crippen LogP contribution in [0.25, 0.3) is 0 Å². The molecule has 1 rings (SSSR count). The highest BCUT2D eigenvalue weighted by Crippen LogP contribution is 2.35. The number of likely N-dealkylation sites (N-methyl/N-ethyl adjacent to an activating group) is 1. The summed E-state index contributed by atoms with van der Waals surface area (Å²) in [5, 5.41) is 9.97. The first-order valence-electron chi connectivity index (χ1n) is 7.49. The number of phenols is 1. The summed E-state index contributed by atoms with van der Waals surface area (Å²) in [6.45, 7) is 8.65. The SMILES string of the molecule is CCCN(CCN(C)C)Cc1cc(Br)c(O)c(OCC)c1. The number of ether oxygens (including phenoxy) is 1. The number of halogens is 1. The standard InChI is InChI=1S/C16H27BrN2O2/c1-5-7-19(9-8-18(3)4)12-13-10-14(17)16(20)15(11-13)21-6-2/h10-11,20H,5-9,12H2,1-4H3. The average Bonchev–Trinajstić information content (AvgIpc) is 2.42. The van der Waals surface area contributed by atoms with Gasteiger partial charge in [-0.25, -0.2) is 0 Å². The minimum atomic E-state index is 0.177. The monoisotopic (exact) mass is 358 g/mol. The summed E-state index contributed by atoms with van der Waals surface area (Å²) in [5.41, 5.74) is 1.15. The molecule has 1 N–H and O–H groups in total. The largest absolute Gasteiger partial charge is 0.503 e. The Kier molecular flexibility index (Phi) is 8.07. The van der Waals surface area contributed by atoms with Crippen LogP contribution in [0.5, 0.6) is 11.5 Å². The molecule has 0 saturated heterocycles. The van der Waals surface area contributed by atoms with Crippen LogP contribution in [0.4, 0.5) is 0 Å². The molecule has 21 heavy (non-hydrogen) atoms. The second-order valence-electron chi connectivity index (χ2n) is 5.44. The summed E-state index contributed by atoms with van der Waals surface area (Å²) in [5.74, 6) is 0.724. The maximum atomic E-state index is 9.97. The number of aromatic hydroxyl groups is 1. The second-order valence-corrected chi connectivity index (χ2v) is 6.29. The van der Waals surface area contributed by atoms with Gasteiger partial charge in [0.2, 0.25) is 0 Å². The average molecular weight is 359 g/mol. The summed E-state index contributed by atoms with van der Waals surface area (Å²) in [4.78, 5) is 4.62. The Bertz CT molecular complexity index is 439. The lowest BCUT2D eigenvalue weighted by Crippen LogP contribution is -2.32. The lowest BCUT2D eigenvalue weighted by molar-refractivity contribution is 0.233. The predicted molar refractivity (Wildman–Crippen MR) is 91.1 cm³/mol. The molecule has 0 amide bonds. The fraction of sp³-hybridized carbons (Fsp3) is 0.625. The molecule has 0 radical (unpaired) electrons. The Morgan fingerprint density at radius 1 is 1.14 bits per heavy atom. The number of benzene rings is 1. The summed E-state index contributed by atoms with van der Waals surface area (Å²) in [6, 6.07) is 3.90. The first-order chi connectivity index (χ1) is 9.97. The molecule has 5 heteroatoms. The van der Waals surface area contributed by atoms with Crippen LogP contribution in [-0.4, -0.2) is 55.2 Å². The van der Waals surface area contributed by atoms with Gasteiger partial charge in [0.25, 0.3) is 0 Å². The Labute approximate surface area is 136 Å². The Morgan fingerprint density at radius 3 is 2.43 bits per heavy atom. The van der Waals surface area contributed by atoms with Gasteiger partial charge >= 0.3 is 0 Å². The van der Waals surface area contributed by atoms with E-state index in [1.807, 2.05) is 19.1 Å². The van der Waals surface area contributed by atoms with Gasteiger partial charge in [0.1, 0.15) is 0 Å². The van der Waals surface area contributed by atoms with E-state index in [4.69, 9.17) is 4.74 Å². The van der Waals surface area contributed by atoms with Crippen molar-refractivity contribution in [3.8, 4) is 11.5 Å². The third kappa shape index (κ3) is 6.24. The van der Waals surface area contributed by atoms with Gasteiger partial charge in [0.05, 0.1) is 11.1 Å². The molecular formula is C16H27BrN2O2. The second kappa shape index (κ2) is 9.28. The van der Waals surface area contributed by atoms with Gasteiger partial charge in [0.15, 0.2) is 11.5 Å². The number of rotatable bonds is 9. The lowest BCUT2D eigenvalue weighted by atomic mass is 10.2. The predicted octanol–water partition coefficient (Wildman–Crippen LogP) is 3.33. The molecule has 0 aliphatic heterocycles. The highest BCUT2D eigenvalue weighted by molar-refractivity contribution is 9.10. The number of nitrogens with zero attached hydrogens (tertiary/aromatic N) is 2. The smallest absolute Gasteiger partial charge is 0.172 e. The van der Waals surface area contributed by atoms with Gasteiger partial charge in [-0.15, -0.1) is 0 Å². The first-order valence-corrected chi connectivity index (χ1v) is 8.28. The lowest BCUT2D eigenvalue weighted by Gasteiger charge is -2.24. The molecule has 0 spiro atoms. The molecule has 1 aromatic rings. The summed E-state index contributed by atoms with van der Waals surface area (Å²) in [7, 11) is 4.18. The maximum Gasteiger partial charge on any atom is 0.172 e. The van der Waals surface area contributed by atoms with E-state index < -0.39 is 0 Å². The molecule has 4 nitrogen and oxygen atoms in total. The zero-order chi connectivity index (χ0) is 15.8. The minimum absolute atomic E-state index is 0.177. The van der Waals surface area contributed by atoms with Crippen molar-refractivity contribution in [3.63, 3.8) is 0 Å². The molecule has 0 fully saturated rings. The van der Waals surface area contributed by atoms with E-state index in [9.17, 15) is 5.11 Å². The molecule has 0 aliphatic carbocycles. The summed E-state index contributed by atoms with van der Waals surface area (Å²) >= 11 is 3.40. The molecular weight excluding hydrogens is 332 g/mol. The molecule has 0 aromatic heterocycles. The third-order valence-electron chi connectivity index (χ3n) is 3.20. The van der Waals surface area contributed by atoms with Gasteiger partial charge in [-0.2, -0.15) is 0 Å². The molecule has 0 atom stereocenters. The van der Waals surface area contributed by atoms with Crippen molar-refractivity contribution in [3.05, 3.63) is 22.2 Å². The van der Waals surface area contributed by atoms with E-state index in [0.717, 1.165) is 38.2 Å². The van der Waals surface area contributed by atoms with E-state index in [0.29, 0.717) is 16.8 Å². The zero-order valence-electron chi connectivity index (χ0n) is 13.5. The minimum Gasteiger partial charge on any atom is -0.503 e. The van der Waals surface area contributed by atoms with Crippen LogP contribution in [0, 0.1) is 0 Å². The van der Waals surface area contributed by atoms with Crippen molar-refractivity contribution in [2.24, 2.45) is 0 Å². The zero-order valence-corrected chi connectivity index (χ0v) is 15.1. The summed E-state index contributed by atoms with van der Waals surface area (Å²) < 4.78 is 6.18. The van der Waals surface area contributed by atoms with Crippen LogP contribution in [-0.2, 0) is 6.54 Å². The molecule has 0 heterocycles. The van der Waals surface area contributed by atoms with Crippen LogP contribution < -0.4 is 4.74 Å². The summed E-state index contributed by atoms with van der Waals surface area (Å²) in [6.07, 6.45) is 1.13. The van der Waals surface area contributed by atoms with Crippen LogP contribution in [0.3, 0.4) is 0 Å². The molecule has 120 valence electrons. The van der Waals surface area contributed by atoms with Crippen molar-refractivity contribution in [2.45, 2.75) is 26.8 Å². The fourth-order valence-electron chi connectivity index (χ4n) is 2.17. The Balaban J connectivity index is 2.82. The van der Waals surface area contributed by atoms with Gasteiger partial charge in [-0.1, -0.05) is 6.92 Å². The van der Waals surface area contributed by atoms with Crippen LogP contribution in [0.1, 0.15) is 25.8 Å². The molecule has 0 bridgehead atoms. The van der Waals surface area contributed by atoms with E-state index in [2.05, 4.69) is 46.7 Å². The van der Waals surface area contributed by atoms with Gasteiger partial charge in [-0.05, 0) is 67.6 Å². The van der Waals surface area contributed by atoms with Gasteiger partial charge in [-0.3, -0.25) is 4.90 Å². The van der Waals surface area contributed by atoms with Crippen LogP contribution in [0.15, 0.2) is 16.6 Å². The molecule has 1 aromatic carbocycles.